The SMILES string of the molecule is CCNC(Cc1nc2ccccc2s1)c1sc(C)nc1C. The minimum atomic E-state index is 0.307. The fourth-order valence-corrected chi connectivity index (χ4v) is 4.57. The van der Waals surface area contributed by atoms with E-state index in [1.165, 1.54) is 14.6 Å². The lowest BCUT2D eigenvalue weighted by atomic mass is 10.1. The van der Waals surface area contributed by atoms with Gasteiger partial charge in [0.05, 0.1) is 25.9 Å². The number of para-hydroxylation sites is 1. The Hall–Kier alpha value is -1.30. The van der Waals surface area contributed by atoms with E-state index in [1.54, 1.807) is 22.7 Å². The molecule has 1 N–H and O–H groups in total. The molecule has 3 nitrogen and oxygen atoms in total. The van der Waals surface area contributed by atoms with Gasteiger partial charge in [-0.1, -0.05) is 19.1 Å². The lowest BCUT2D eigenvalue weighted by Gasteiger charge is -2.15. The quantitative estimate of drug-likeness (QED) is 0.764. The molecule has 21 heavy (non-hydrogen) atoms. The summed E-state index contributed by atoms with van der Waals surface area (Å²) in [5.74, 6) is 0. The molecule has 0 bridgehead atoms. The van der Waals surface area contributed by atoms with Crippen molar-refractivity contribution in [2.45, 2.75) is 33.2 Å². The molecule has 2 heterocycles. The molecule has 0 spiro atoms. The number of nitrogens with one attached hydrogen (secondary N) is 1. The highest BCUT2D eigenvalue weighted by molar-refractivity contribution is 7.18. The van der Waals surface area contributed by atoms with Crippen LogP contribution in [0.5, 0.6) is 0 Å². The van der Waals surface area contributed by atoms with Crippen LogP contribution in [-0.4, -0.2) is 16.5 Å². The zero-order valence-corrected chi connectivity index (χ0v) is 14.1. The van der Waals surface area contributed by atoms with Crippen LogP contribution in [0.2, 0.25) is 0 Å². The van der Waals surface area contributed by atoms with Gasteiger partial charge in [0.25, 0.3) is 0 Å². The van der Waals surface area contributed by atoms with Gasteiger partial charge in [-0.05, 0) is 32.5 Å². The van der Waals surface area contributed by atoms with Crippen molar-refractivity contribution < 1.29 is 0 Å². The summed E-state index contributed by atoms with van der Waals surface area (Å²) < 4.78 is 1.26. The van der Waals surface area contributed by atoms with Crippen LogP contribution >= 0.6 is 22.7 Å². The Kier molecular flexibility index (Phi) is 4.33. The number of rotatable bonds is 5. The Bertz CT molecular complexity index is 712. The minimum absolute atomic E-state index is 0.307. The maximum absolute atomic E-state index is 4.76. The van der Waals surface area contributed by atoms with Gasteiger partial charge in [0, 0.05) is 17.3 Å². The molecule has 0 aliphatic heterocycles. The number of aromatic nitrogens is 2. The van der Waals surface area contributed by atoms with Crippen molar-refractivity contribution >= 4 is 32.9 Å². The van der Waals surface area contributed by atoms with Gasteiger partial charge in [-0.2, -0.15) is 0 Å². The Morgan fingerprint density at radius 1 is 1.14 bits per heavy atom. The molecule has 3 aromatic rings. The lowest BCUT2D eigenvalue weighted by molar-refractivity contribution is 0.554. The Morgan fingerprint density at radius 2 is 1.95 bits per heavy atom. The van der Waals surface area contributed by atoms with Crippen molar-refractivity contribution in [3.8, 4) is 0 Å². The van der Waals surface area contributed by atoms with E-state index >= 15 is 0 Å². The first-order chi connectivity index (χ1) is 10.2. The molecule has 0 aliphatic rings. The zero-order valence-electron chi connectivity index (χ0n) is 12.5. The third-order valence-corrected chi connectivity index (χ3v) is 5.67. The number of benzene rings is 1. The molecule has 1 aromatic carbocycles. The number of fused-ring (bicyclic) bond motifs is 1. The summed E-state index contributed by atoms with van der Waals surface area (Å²) >= 11 is 3.58. The standard InChI is InChI=1S/C16H19N3S2/c1-4-17-13(16-10(2)18-11(3)20-16)9-15-19-12-7-5-6-8-14(12)21-15/h5-8,13,17H,4,9H2,1-3H3. The number of thiazole rings is 2. The first kappa shape index (κ1) is 14.6. The molecule has 110 valence electrons. The fraction of sp³-hybridized carbons (Fsp3) is 0.375. The summed E-state index contributed by atoms with van der Waals surface area (Å²) in [6, 6.07) is 8.65. The number of nitrogens with zero attached hydrogens (tertiary/aromatic N) is 2. The summed E-state index contributed by atoms with van der Waals surface area (Å²) in [5.41, 5.74) is 2.24. The third kappa shape index (κ3) is 3.15. The summed E-state index contributed by atoms with van der Waals surface area (Å²) in [4.78, 5) is 10.7. The molecule has 2 aromatic heterocycles. The number of aryl methyl sites for hydroxylation is 2. The van der Waals surface area contributed by atoms with Gasteiger partial charge in [0.2, 0.25) is 0 Å². The monoisotopic (exact) mass is 317 g/mol. The van der Waals surface area contributed by atoms with Crippen LogP contribution in [0, 0.1) is 13.8 Å². The second kappa shape index (κ2) is 6.22. The molecule has 0 saturated carbocycles. The topological polar surface area (TPSA) is 37.8 Å². The van der Waals surface area contributed by atoms with E-state index in [-0.39, 0.29) is 0 Å². The number of hydrogen-bond acceptors (Lipinski definition) is 5. The first-order valence-electron chi connectivity index (χ1n) is 7.19. The lowest BCUT2D eigenvalue weighted by Crippen LogP contribution is -2.22. The van der Waals surface area contributed by atoms with Crippen LogP contribution in [0.25, 0.3) is 10.2 Å². The van der Waals surface area contributed by atoms with E-state index in [4.69, 9.17) is 4.98 Å². The van der Waals surface area contributed by atoms with E-state index in [0.29, 0.717) is 6.04 Å². The van der Waals surface area contributed by atoms with Crippen LogP contribution in [-0.2, 0) is 6.42 Å². The fourth-order valence-electron chi connectivity index (χ4n) is 2.56. The van der Waals surface area contributed by atoms with E-state index < -0.39 is 0 Å². The van der Waals surface area contributed by atoms with Gasteiger partial charge in [-0.3, -0.25) is 0 Å². The normalized spacial score (nSPS) is 12.9. The van der Waals surface area contributed by atoms with E-state index in [9.17, 15) is 0 Å². The zero-order chi connectivity index (χ0) is 14.8. The molecule has 5 heteroatoms. The highest BCUT2D eigenvalue weighted by atomic mass is 32.1. The van der Waals surface area contributed by atoms with Crippen molar-refractivity contribution in [1.29, 1.82) is 0 Å². The van der Waals surface area contributed by atoms with E-state index in [1.807, 2.05) is 6.07 Å². The Balaban J connectivity index is 1.89. The average Bonchev–Trinajstić information content (AvgIpc) is 3.00. The molecular weight excluding hydrogens is 298 g/mol. The van der Waals surface area contributed by atoms with Gasteiger partial charge in [0.1, 0.15) is 0 Å². The van der Waals surface area contributed by atoms with Crippen molar-refractivity contribution in [3.05, 3.63) is 44.9 Å². The van der Waals surface area contributed by atoms with Gasteiger partial charge < -0.3 is 5.32 Å². The number of likely N-dealkylation sites (N-methyl/N-ethyl adjacent to an activating group) is 1. The maximum Gasteiger partial charge on any atom is 0.0957 e. The summed E-state index contributed by atoms with van der Waals surface area (Å²) in [6.45, 7) is 7.27. The van der Waals surface area contributed by atoms with Crippen molar-refractivity contribution in [2.24, 2.45) is 0 Å². The molecule has 3 rings (SSSR count). The molecule has 1 atom stereocenters. The molecule has 0 radical (unpaired) electrons. The molecule has 0 saturated heterocycles. The summed E-state index contributed by atoms with van der Waals surface area (Å²) in [5, 5.41) is 5.90. The predicted octanol–water partition coefficient (Wildman–Crippen LogP) is 4.26. The van der Waals surface area contributed by atoms with Gasteiger partial charge in [-0.15, -0.1) is 22.7 Å². The number of hydrogen-bond donors (Lipinski definition) is 1. The predicted molar refractivity (Wildman–Crippen MR) is 91.3 cm³/mol. The molecular formula is C16H19N3S2. The smallest absolute Gasteiger partial charge is 0.0957 e. The van der Waals surface area contributed by atoms with E-state index in [2.05, 4.69) is 49.3 Å². The summed E-state index contributed by atoms with van der Waals surface area (Å²) in [6.07, 6.45) is 0.926. The largest absolute Gasteiger partial charge is 0.309 e. The van der Waals surface area contributed by atoms with Crippen LogP contribution < -0.4 is 5.32 Å². The summed E-state index contributed by atoms with van der Waals surface area (Å²) in [7, 11) is 0. The first-order valence-corrected chi connectivity index (χ1v) is 8.82. The van der Waals surface area contributed by atoms with Crippen LogP contribution in [0.15, 0.2) is 24.3 Å². The molecule has 0 fully saturated rings. The highest BCUT2D eigenvalue weighted by Gasteiger charge is 2.19. The Labute approximate surface area is 133 Å². The maximum atomic E-state index is 4.76. The molecule has 0 amide bonds. The van der Waals surface area contributed by atoms with Crippen molar-refractivity contribution in [1.82, 2.24) is 15.3 Å². The van der Waals surface area contributed by atoms with Crippen LogP contribution in [0.1, 0.15) is 33.6 Å². The molecule has 1 unspecified atom stereocenters. The Morgan fingerprint density at radius 3 is 2.62 bits per heavy atom. The average molecular weight is 317 g/mol. The highest BCUT2D eigenvalue weighted by Crippen LogP contribution is 2.30. The van der Waals surface area contributed by atoms with Gasteiger partial charge in [-0.25, -0.2) is 9.97 Å². The van der Waals surface area contributed by atoms with Crippen molar-refractivity contribution in [2.75, 3.05) is 6.54 Å². The van der Waals surface area contributed by atoms with Crippen LogP contribution in [0.4, 0.5) is 0 Å². The van der Waals surface area contributed by atoms with Gasteiger partial charge in [0.15, 0.2) is 0 Å². The second-order valence-electron chi connectivity index (χ2n) is 5.07. The second-order valence-corrected chi connectivity index (χ2v) is 7.42. The minimum Gasteiger partial charge on any atom is -0.309 e. The van der Waals surface area contributed by atoms with E-state index in [0.717, 1.165) is 29.2 Å². The molecule has 0 aliphatic carbocycles. The van der Waals surface area contributed by atoms with Crippen LogP contribution in [0.3, 0.4) is 0 Å². The van der Waals surface area contributed by atoms with Gasteiger partial charge >= 0.3 is 0 Å². The van der Waals surface area contributed by atoms with Crippen molar-refractivity contribution in [3.63, 3.8) is 0 Å². The third-order valence-electron chi connectivity index (χ3n) is 3.42.